The average molecular weight is 384 g/mol. The normalized spacial score (nSPS) is 11.0. The summed E-state index contributed by atoms with van der Waals surface area (Å²) in [5.74, 6) is 0. The molecule has 1 amide bonds. The van der Waals surface area contributed by atoms with Crippen LogP contribution in [-0.2, 0) is 21.2 Å². The van der Waals surface area contributed by atoms with Crippen LogP contribution in [-0.4, -0.2) is 20.8 Å². The molecule has 0 saturated heterocycles. The third-order valence-electron chi connectivity index (χ3n) is 2.82. The van der Waals surface area contributed by atoms with Gasteiger partial charge >= 0.3 is 6.09 Å². The molecule has 5 nitrogen and oxygen atoms in total. The van der Waals surface area contributed by atoms with E-state index in [2.05, 4.69) is 21.2 Å². The highest BCUT2D eigenvalue weighted by molar-refractivity contribution is 9.10. The molecular formula is C15H14BrNO4S. The number of ether oxygens (including phenoxy) is 1. The Labute approximate surface area is 137 Å². The summed E-state index contributed by atoms with van der Waals surface area (Å²) in [5.41, 5.74) is 1.31. The summed E-state index contributed by atoms with van der Waals surface area (Å²) in [6, 6.07) is 13.7. The Balaban J connectivity index is 2.00. The van der Waals surface area contributed by atoms with Gasteiger partial charge in [0.25, 0.3) is 0 Å². The first-order chi connectivity index (χ1) is 10.4. The molecule has 2 aromatic carbocycles. The molecule has 0 aliphatic rings. The van der Waals surface area contributed by atoms with E-state index in [1.807, 2.05) is 30.3 Å². The van der Waals surface area contributed by atoms with Crippen LogP contribution in [0, 0.1) is 0 Å². The number of benzene rings is 2. The van der Waals surface area contributed by atoms with Crippen LogP contribution in [0.25, 0.3) is 0 Å². The van der Waals surface area contributed by atoms with E-state index in [0.717, 1.165) is 11.8 Å². The second-order valence-corrected chi connectivity index (χ2v) is 7.47. The number of rotatable bonds is 4. The predicted molar refractivity (Wildman–Crippen MR) is 87.5 cm³/mol. The molecule has 0 heterocycles. The van der Waals surface area contributed by atoms with Gasteiger partial charge in [0.2, 0.25) is 0 Å². The summed E-state index contributed by atoms with van der Waals surface area (Å²) in [7, 11) is -3.29. The van der Waals surface area contributed by atoms with Crippen molar-refractivity contribution in [2.24, 2.45) is 0 Å². The molecule has 0 saturated carbocycles. The molecule has 2 aromatic rings. The minimum atomic E-state index is -3.29. The lowest BCUT2D eigenvalue weighted by Crippen LogP contribution is -2.14. The number of carbonyl (C=O) groups is 1. The number of anilines is 1. The van der Waals surface area contributed by atoms with Crippen molar-refractivity contribution in [3.05, 3.63) is 58.6 Å². The van der Waals surface area contributed by atoms with Gasteiger partial charge in [-0.2, -0.15) is 0 Å². The summed E-state index contributed by atoms with van der Waals surface area (Å²) in [4.78, 5) is 11.9. The molecule has 7 heteroatoms. The molecule has 116 valence electrons. The molecule has 2 rings (SSSR count). The van der Waals surface area contributed by atoms with Crippen LogP contribution in [0.3, 0.4) is 0 Å². The Morgan fingerprint density at radius 3 is 2.45 bits per heavy atom. The number of carbonyl (C=O) groups excluding carboxylic acids is 1. The minimum Gasteiger partial charge on any atom is -0.444 e. The van der Waals surface area contributed by atoms with Gasteiger partial charge in [0, 0.05) is 10.7 Å². The van der Waals surface area contributed by atoms with Crippen molar-refractivity contribution in [3.63, 3.8) is 0 Å². The summed E-state index contributed by atoms with van der Waals surface area (Å²) >= 11 is 3.23. The van der Waals surface area contributed by atoms with Gasteiger partial charge in [0.1, 0.15) is 6.61 Å². The highest BCUT2D eigenvalue weighted by Gasteiger charge is 2.12. The standard InChI is InChI=1S/C15H14BrNO4S/c1-22(19,20)12-7-8-14(13(16)9-12)17-15(18)21-10-11-5-3-2-4-6-11/h2-9H,10H2,1H3,(H,17,18). The van der Waals surface area contributed by atoms with Gasteiger partial charge in [-0.1, -0.05) is 30.3 Å². The number of amides is 1. The van der Waals surface area contributed by atoms with E-state index < -0.39 is 15.9 Å². The molecular weight excluding hydrogens is 370 g/mol. The first kappa shape index (κ1) is 16.5. The Kier molecular flexibility index (Phi) is 5.20. The van der Waals surface area contributed by atoms with Crippen LogP contribution in [0.2, 0.25) is 0 Å². The smallest absolute Gasteiger partial charge is 0.411 e. The third kappa shape index (κ3) is 4.57. The molecule has 0 bridgehead atoms. The zero-order valence-electron chi connectivity index (χ0n) is 11.7. The van der Waals surface area contributed by atoms with Gasteiger partial charge in [0.15, 0.2) is 9.84 Å². The molecule has 0 aromatic heterocycles. The number of nitrogens with one attached hydrogen (secondary N) is 1. The van der Waals surface area contributed by atoms with Gasteiger partial charge in [-0.25, -0.2) is 13.2 Å². The highest BCUT2D eigenvalue weighted by atomic mass is 79.9. The summed E-state index contributed by atoms with van der Waals surface area (Å²) in [6.07, 6.45) is 0.507. The fraction of sp³-hybridized carbons (Fsp3) is 0.133. The maximum Gasteiger partial charge on any atom is 0.411 e. The monoisotopic (exact) mass is 383 g/mol. The van der Waals surface area contributed by atoms with Gasteiger partial charge in [-0.05, 0) is 39.7 Å². The second kappa shape index (κ2) is 6.93. The molecule has 0 spiro atoms. The highest BCUT2D eigenvalue weighted by Crippen LogP contribution is 2.25. The first-order valence-corrected chi connectivity index (χ1v) is 9.02. The van der Waals surface area contributed by atoms with Crippen molar-refractivity contribution in [1.29, 1.82) is 0 Å². The predicted octanol–water partition coefficient (Wildman–Crippen LogP) is 3.60. The van der Waals surface area contributed by atoms with Gasteiger partial charge < -0.3 is 4.74 Å². The maximum atomic E-state index is 11.7. The number of sulfone groups is 1. The van der Waals surface area contributed by atoms with Crippen molar-refractivity contribution < 1.29 is 17.9 Å². The van der Waals surface area contributed by atoms with E-state index in [9.17, 15) is 13.2 Å². The van der Waals surface area contributed by atoms with Crippen LogP contribution >= 0.6 is 15.9 Å². The van der Waals surface area contributed by atoms with Crippen LogP contribution in [0.4, 0.5) is 10.5 Å². The molecule has 0 unspecified atom stereocenters. The number of hydrogen-bond acceptors (Lipinski definition) is 4. The SMILES string of the molecule is CS(=O)(=O)c1ccc(NC(=O)OCc2ccccc2)c(Br)c1. The Hall–Kier alpha value is -1.86. The largest absolute Gasteiger partial charge is 0.444 e. The van der Waals surface area contributed by atoms with Crippen molar-refractivity contribution in [1.82, 2.24) is 0 Å². The quantitative estimate of drug-likeness (QED) is 0.874. The zero-order valence-corrected chi connectivity index (χ0v) is 14.1. The molecule has 0 fully saturated rings. The van der Waals surface area contributed by atoms with Gasteiger partial charge in [-0.15, -0.1) is 0 Å². The first-order valence-electron chi connectivity index (χ1n) is 6.33. The molecule has 0 aliphatic carbocycles. The topological polar surface area (TPSA) is 72.5 Å². The van der Waals surface area contributed by atoms with E-state index in [0.29, 0.717) is 10.2 Å². The Morgan fingerprint density at radius 2 is 1.86 bits per heavy atom. The lowest BCUT2D eigenvalue weighted by atomic mass is 10.2. The molecule has 1 N–H and O–H groups in total. The molecule has 0 atom stereocenters. The number of halogens is 1. The Bertz CT molecular complexity index is 775. The molecule has 22 heavy (non-hydrogen) atoms. The van der Waals surface area contributed by atoms with Crippen LogP contribution in [0.15, 0.2) is 57.9 Å². The van der Waals surface area contributed by atoms with Crippen molar-refractivity contribution in [2.45, 2.75) is 11.5 Å². The number of hydrogen-bond donors (Lipinski definition) is 1. The van der Waals surface area contributed by atoms with Gasteiger partial charge in [-0.3, -0.25) is 5.32 Å². The van der Waals surface area contributed by atoms with E-state index in [1.54, 1.807) is 0 Å². The van der Waals surface area contributed by atoms with E-state index in [1.165, 1.54) is 18.2 Å². The summed E-state index contributed by atoms with van der Waals surface area (Å²) in [6.45, 7) is 0.158. The van der Waals surface area contributed by atoms with Crippen LogP contribution in [0.1, 0.15) is 5.56 Å². The lowest BCUT2D eigenvalue weighted by Gasteiger charge is -2.09. The lowest BCUT2D eigenvalue weighted by molar-refractivity contribution is 0.155. The van der Waals surface area contributed by atoms with E-state index in [4.69, 9.17) is 4.74 Å². The Morgan fingerprint density at radius 1 is 1.18 bits per heavy atom. The van der Waals surface area contributed by atoms with Crippen molar-refractivity contribution >= 4 is 37.5 Å². The second-order valence-electron chi connectivity index (χ2n) is 4.60. The zero-order chi connectivity index (χ0) is 16.2. The average Bonchev–Trinajstić information content (AvgIpc) is 2.47. The van der Waals surface area contributed by atoms with E-state index >= 15 is 0 Å². The fourth-order valence-electron chi connectivity index (χ4n) is 1.70. The summed E-state index contributed by atoms with van der Waals surface area (Å²) in [5, 5.41) is 2.56. The maximum absolute atomic E-state index is 11.7. The molecule has 0 aliphatic heterocycles. The van der Waals surface area contributed by atoms with E-state index in [-0.39, 0.29) is 11.5 Å². The van der Waals surface area contributed by atoms with Crippen molar-refractivity contribution in [2.75, 3.05) is 11.6 Å². The van der Waals surface area contributed by atoms with Gasteiger partial charge in [0.05, 0.1) is 10.6 Å². The van der Waals surface area contributed by atoms with Crippen LogP contribution in [0.5, 0.6) is 0 Å². The van der Waals surface area contributed by atoms with Crippen LogP contribution < -0.4 is 5.32 Å². The minimum absolute atomic E-state index is 0.158. The molecule has 0 radical (unpaired) electrons. The summed E-state index contributed by atoms with van der Waals surface area (Å²) < 4.78 is 28.5. The van der Waals surface area contributed by atoms with Crippen molar-refractivity contribution in [3.8, 4) is 0 Å². The fourth-order valence-corrected chi connectivity index (χ4v) is 2.97. The third-order valence-corrected chi connectivity index (χ3v) is 4.58.